The van der Waals surface area contributed by atoms with Crippen molar-refractivity contribution in [2.75, 3.05) is 26.4 Å². The van der Waals surface area contributed by atoms with Gasteiger partial charge in [-0.15, -0.1) is 4.90 Å². The standard InChI is InChI=1S/C36H70N2O5S/c1-7-11-15-19-23-28-32(26-21-17-13-9-3)42-34(39)38(36(41)44-31-25-30-37(5)6)35(40)43-33(27-22-18-14-10-4)29-24-20-16-12-8-2/h32-33H,7-31H2,1-6H3. The molecule has 0 aliphatic rings. The quantitative estimate of drug-likeness (QED) is 0.0786. The van der Waals surface area contributed by atoms with Gasteiger partial charge in [-0.3, -0.25) is 4.79 Å². The van der Waals surface area contributed by atoms with Crippen molar-refractivity contribution in [2.24, 2.45) is 0 Å². The summed E-state index contributed by atoms with van der Waals surface area (Å²) in [7, 11) is 3.97. The average molecular weight is 643 g/mol. The summed E-state index contributed by atoms with van der Waals surface area (Å²) < 4.78 is 11.9. The van der Waals surface area contributed by atoms with Gasteiger partial charge in [-0.2, -0.15) is 0 Å². The summed E-state index contributed by atoms with van der Waals surface area (Å²) in [4.78, 5) is 43.2. The molecule has 0 heterocycles. The van der Waals surface area contributed by atoms with Crippen molar-refractivity contribution < 1.29 is 23.9 Å². The van der Waals surface area contributed by atoms with E-state index in [2.05, 4.69) is 32.6 Å². The molecule has 0 aromatic rings. The Bertz CT molecular complexity index is 662. The molecule has 0 rings (SSSR count). The number of thioether (sulfide) groups is 1. The predicted octanol–water partition coefficient (Wildman–Crippen LogP) is 11.8. The molecule has 0 N–H and O–H groups in total. The highest BCUT2D eigenvalue weighted by atomic mass is 32.2. The van der Waals surface area contributed by atoms with Crippen LogP contribution in [0.1, 0.15) is 175 Å². The van der Waals surface area contributed by atoms with E-state index in [1.54, 1.807) is 0 Å². The molecule has 2 unspecified atom stereocenters. The largest absolute Gasteiger partial charge is 0.445 e. The van der Waals surface area contributed by atoms with Crippen LogP contribution in [0, 0.1) is 0 Å². The second-order valence-corrected chi connectivity index (χ2v) is 13.8. The fourth-order valence-corrected chi connectivity index (χ4v) is 6.02. The molecule has 8 heteroatoms. The first-order valence-electron chi connectivity index (χ1n) is 18.3. The number of rotatable bonds is 28. The van der Waals surface area contributed by atoms with Crippen molar-refractivity contribution in [3.63, 3.8) is 0 Å². The summed E-state index contributed by atoms with van der Waals surface area (Å²) >= 11 is 0.999. The number of unbranched alkanes of at least 4 members (excludes halogenated alkanes) is 14. The minimum Gasteiger partial charge on any atom is -0.445 e. The molecule has 3 amide bonds. The lowest BCUT2D eigenvalue weighted by molar-refractivity contribution is 0.0394. The number of imide groups is 3. The first-order valence-corrected chi connectivity index (χ1v) is 19.3. The molecule has 44 heavy (non-hydrogen) atoms. The molecular weight excluding hydrogens is 572 g/mol. The molecule has 0 bridgehead atoms. The fourth-order valence-electron chi connectivity index (χ4n) is 5.29. The Balaban J connectivity index is 5.64. The Labute approximate surface area is 276 Å². The van der Waals surface area contributed by atoms with Crippen LogP contribution in [0.5, 0.6) is 0 Å². The van der Waals surface area contributed by atoms with Gasteiger partial charge in [0.1, 0.15) is 12.2 Å². The summed E-state index contributed by atoms with van der Waals surface area (Å²) in [5, 5.41) is -0.598. The summed E-state index contributed by atoms with van der Waals surface area (Å²) in [5.41, 5.74) is 0. The molecular formula is C36H70N2O5S. The second kappa shape index (κ2) is 30.4. The molecule has 260 valence electrons. The lowest BCUT2D eigenvalue weighted by Crippen LogP contribution is -2.43. The zero-order chi connectivity index (χ0) is 32.8. The van der Waals surface area contributed by atoms with Crippen LogP contribution in [-0.2, 0) is 9.47 Å². The van der Waals surface area contributed by atoms with Crippen molar-refractivity contribution in [2.45, 2.75) is 188 Å². The number of hydrogen-bond donors (Lipinski definition) is 0. The third-order valence-electron chi connectivity index (χ3n) is 8.08. The second-order valence-electron chi connectivity index (χ2n) is 12.7. The Morgan fingerprint density at radius 3 is 1.20 bits per heavy atom. The van der Waals surface area contributed by atoms with E-state index >= 15 is 0 Å². The predicted molar refractivity (Wildman–Crippen MR) is 188 cm³/mol. The number of amides is 3. The molecule has 0 saturated heterocycles. The maximum atomic E-state index is 13.6. The van der Waals surface area contributed by atoms with E-state index in [-0.39, 0.29) is 12.2 Å². The van der Waals surface area contributed by atoms with Crippen LogP contribution in [0.25, 0.3) is 0 Å². The number of carbonyl (C=O) groups excluding carboxylic acids is 3. The number of hydrogen-bond acceptors (Lipinski definition) is 7. The Kier molecular flexibility index (Phi) is 29.5. The van der Waals surface area contributed by atoms with Gasteiger partial charge in [0.25, 0.3) is 0 Å². The molecule has 0 aromatic carbocycles. The lowest BCUT2D eigenvalue weighted by Gasteiger charge is -2.25. The highest BCUT2D eigenvalue weighted by molar-refractivity contribution is 8.13. The van der Waals surface area contributed by atoms with E-state index in [1.165, 1.54) is 38.5 Å². The van der Waals surface area contributed by atoms with Gasteiger partial charge < -0.3 is 14.4 Å². The smallest absolute Gasteiger partial charge is 0.427 e. The Morgan fingerprint density at radius 2 is 0.864 bits per heavy atom. The van der Waals surface area contributed by atoms with Gasteiger partial charge in [-0.25, -0.2) is 9.59 Å². The summed E-state index contributed by atoms with van der Waals surface area (Å²) in [6, 6.07) is 0. The van der Waals surface area contributed by atoms with Crippen LogP contribution in [-0.4, -0.2) is 65.8 Å². The maximum absolute atomic E-state index is 13.6. The Hall–Kier alpha value is -1.28. The first kappa shape index (κ1) is 42.7. The number of ether oxygens (including phenoxy) is 2. The van der Waals surface area contributed by atoms with Gasteiger partial charge in [0.15, 0.2) is 0 Å². The summed E-state index contributed by atoms with van der Waals surface area (Å²) in [5.74, 6) is 0.518. The topological polar surface area (TPSA) is 76.1 Å². The van der Waals surface area contributed by atoms with Crippen molar-refractivity contribution in [3.05, 3.63) is 0 Å². The van der Waals surface area contributed by atoms with Crippen LogP contribution in [0.15, 0.2) is 0 Å². The van der Waals surface area contributed by atoms with Crippen molar-refractivity contribution in [3.8, 4) is 0 Å². The molecule has 0 spiro atoms. The highest BCUT2D eigenvalue weighted by Gasteiger charge is 2.35. The molecule has 2 atom stereocenters. The molecule has 0 aromatic heterocycles. The zero-order valence-electron chi connectivity index (χ0n) is 29.7. The molecule has 0 fully saturated rings. The number of nitrogens with zero attached hydrogens (tertiary/aromatic N) is 2. The van der Waals surface area contributed by atoms with Gasteiger partial charge in [-0.05, 0) is 78.4 Å². The molecule has 0 saturated carbocycles. The van der Waals surface area contributed by atoms with E-state index in [1.807, 2.05) is 14.1 Å². The van der Waals surface area contributed by atoms with Crippen LogP contribution >= 0.6 is 11.8 Å². The van der Waals surface area contributed by atoms with Crippen molar-refractivity contribution in [1.29, 1.82) is 0 Å². The van der Waals surface area contributed by atoms with Crippen molar-refractivity contribution in [1.82, 2.24) is 9.80 Å². The van der Waals surface area contributed by atoms with E-state index in [0.29, 0.717) is 10.7 Å². The SMILES string of the molecule is CCCCCCCC(CCCCCC)OC(=O)N(C(=O)OC(CCCCCC)CCCCCCC)C(=O)SCCCN(C)C. The normalized spacial score (nSPS) is 12.7. The van der Waals surface area contributed by atoms with Crippen molar-refractivity contribution >= 4 is 29.2 Å². The maximum Gasteiger partial charge on any atom is 0.427 e. The molecule has 0 aliphatic carbocycles. The summed E-state index contributed by atoms with van der Waals surface area (Å²) in [6.45, 7) is 9.58. The van der Waals surface area contributed by atoms with Gasteiger partial charge >= 0.3 is 17.4 Å². The highest BCUT2D eigenvalue weighted by Crippen LogP contribution is 2.22. The lowest BCUT2D eigenvalue weighted by atomic mass is 10.0. The van der Waals surface area contributed by atoms with Gasteiger partial charge in [0.2, 0.25) is 0 Å². The third kappa shape index (κ3) is 24.0. The van der Waals surface area contributed by atoms with E-state index in [4.69, 9.17) is 9.47 Å². The molecule has 7 nitrogen and oxygen atoms in total. The van der Waals surface area contributed by atoms with Gasteiger partial charge in [0.05, 0.1) is 0 Å². The van der Waals surface area contributed by atoms with Crippen LogP contribution in [0.2, 0.25) is 0 Å². The minimum atomic E-state index is -0.873. The summed E-state index contributed by atoms with van der Waals surface area (Å²) in [6.07, 6.45) is 21.4. The Morgan fingerprint density at radius 1 is 0.523 bits per heavy atom. The van der Waals surface area contributed by atoms with Crippen LogP contribution in [0.3, 0.4) is 0 Å². The molecule has 0 radical (unpaired) electrons. The van der Waals surface area contributed by atoms with E-state index < -0.39 is 17.4 Å². The van der Waals surface area contributed by atoms with Crippen LogP contribution < -0.4 is 0 Å². The fraction of sp³-hybridized carbons (Fsp3) is 0.917. The zero-order valence-corrected chi connectivity index (χ0v) is 30.5. The van der Waals surface area contributed by atoms with Gasteiger partial charge in [0, 0.05) is 5.75 Å². The molecule has 0 aliphatic heterocycles. The monoisotopic (exact) mass is 643 g/mol. The average Bonchev–Trinajstić information content (AvgIpc) is 2.99. The van der Waals surface area contributed by atoms with Gasteiger partial charge in [-0.1, -0.05) is 129 Å². The van der Waals surface area contributed by atoms with E-state index in [9.17, 15) is 14.4 Å². The third-order valence-corrected chi connectivity index (χ3v) is 9.00. The minimum absolute atomic E-state index is 0.300. The van der Waals surface area contributed by atoms with Crippen LogP contribution in [0.4, 0.5) is 14.4 Å². The number of carbonyl (C=O) groups is 3. The van der Waals surface area contributed by atoms with E-state index in [0.717, 1.165) is 127 Å². The first-order chi connectivity index (χ1) is 21.3.